The molecule has 86 valence electrons. The highest BCUT2D eigenvalue weighted by atomic mass is 16.2. The first-order valence-corrected chi connectivity index (χ1v) is 5.77. The number of aryl methyl sites for hydroxylation is 1. The van der Waals surface area contributed by atoms with Gasteiger partial charge in [0.25, 0.3) is 5.91 Å². The van der Waals surface area contributed by atoms with E-state index in [1.807, 2.05) is 36.1 Å². The molecule has 0 radical (unpaired) electrons. The summed E-state index contributed by atoms with van der Waals surface area (Å²) in [4.78, 5) is 14.2. The van der Waals surface area contributed by atoms with Gasteiger partial charge in [-0.05, 0) is 26.0 Å². The third-order valence-corrected chi connectivity index (χ3v) is 3.06. The van der Waals surface area contributed by atoms with Gasteiger partial charge < -0.3 is 10.2 Å². The van der Waals surface area contributed by atoms with Crippen LogP contribution in [-0.2, 0) is 0 Å². The van der Waals surface area contributed by atoms with Crippen molar-refractivity contribution in [3.8, 4) is 0 Å². The molecule has 1 amide bonds. The van der Waals surface area contributed by atoms with E-state index in [1.54, 1.807) is 0 Å². The van der Waals surface area contributed by atoms with Crippen molar-refractivity contribution < 1.29 is 4.79 Å². The summed E-state index contributed by atoms with van der Waals surface area (Å²) in [7, 11) is 0. The normalized spacial score (nSPS) is 20.9. The Kier molecular flexibility index (Phi) is 3.25. The Balaban J connectivity index is 2.14. The summed E-state index contributed by atoms with van der Waals surface area (Å²) in [6.07, 6.45) is 0. The zero-order chi connectivity index (χ0) is 11.5. The van der Waals surface area contributed by atoms with Gasteiger partial charge in [-0.25, -0.2) is 0 Å². The van der Waals surface area contributed by atoms with Crippen LogP contribution >= 0.6 is 0 Å². The lowest BCUT2D eigenvalue weighted by Crippen LogP contribution is -2.52. The van der Waals surface area contributed by atoms with Gasteiger partial charge in [0.05, 0.1) is 0 Å². The van der Waals surface area contributed by atoms with Crippen LogP contribution in [0.4, 0.5) is 0 Å². The summed E-state index contributed by atoms with van der Waals surface area (Å²) < 4.78 is 0. The van der Waals surface area contributed by atoms with Crippen LogP contribution < -0.4 is 5.32 Å². The molecule has 1 N–H and O–H groups in total. The van der Waals surface area contributed by atoms with Crippen molar-refractivity contribution in [3.05, 3.63) is 35.4 Å². The summed E-state index contributed by atoms with van der Waals surface area (Å²) in [6.45, 7) is 6.69. The second-order valence-electron chi connectivity index (χ2n) is 4.42. The van der Waals surface area contributed by atoms with Gasteiger partial charge in [-0.1, -0.05) is 17.7 Å². The van der Waals surface area contributed by atoms with E-state index in [0.29, 0.717) is 0 Å². The zero-order valence-electron chi connectivity index (χ0n) is 9.86. The monoisotopic (exact) mass is 218 g/mol. The van der Waals surface area contributed by atoms with Crippen molar-refractivity contribution in [3.63, 3.8) is 0 Å². The fourth-order valence-corrected chi connectivity index (χ4v) is 2.00. The number of piperazine rings is 1. The summed E-state index contributed by atoms with van der Waals surface area (Å²) in [6, 6.07) is 8.07. The molecule has 1 aliphatic rings. The largest absolute Gasteiger partial charge is 0.333 e. The van der Waals surface area contributed by atoms with E-state index >= 15 is 0 Å². The van der Waals surface area contributed by atoms with Crippen LogP contribution in [0.1, 0.15) is 22.8 Å². The van der Waals surface area contributed by atoms with Crippen LogP contribution in [0.3, 0.4) is 0 Å². The molecule has 2 rings (SSSR count). The van der Waals surface area contributed by atoms with Gasteiger partial charge in [-0.2, -0.15) is 0 Å². The minimum absolute atomic E-state index is 0.147. The maximum Gasteiger partial charge on any atom is 0.254 e. The average Bonchev–Trinajstić information content (AvgIpc) is 2.30. The molecule has 16 heavy (non-hydrogen) atoms. The van der Waals surface area contributed by atoms with E-state index in [9.17, 15) is 4.79 Å². The fraction of sp³-hybridized carbons (Fsp3) is 0.462. The molecular formula is C13H18N2O. The number of carbonyl (C=O) groups is 1. The Morgan fingerprint density at radius 3 is 2.69 bits per heavy atom. The first-order valence-electron chi connectivity index (χ1n) is 5.77. The van der Waals surface area contributed by atoms with Gasteiger partial charge in [-0.15, -0.1) is 0 Å². The third-order valence-electron chi connectivity index (χ3n) is 3.06. The smallest absolute Gasteiger partial charge is 0.254 e. The van der Waals surface area contributed by atoms with Crippen LogP contribution in [0.15, 0.2) is 24.3 Å². The summed E-state index contributed by atoms with van der Waals surface area (Å²) in [5.74, 6) is 0.147. The Morgan fingerprint density at radius 2 is 2.06 bits per heavy atom. The lowest BCUT2D eigenvalue weighted by Gasteiger charge is -2.34. The molecule has 0 aromatic heterocycles. The molecule has 1 heterocycles. The van der Waals surface area contributed by atoms with Gasteiger partial charge in [-0.3, -0.25) is 4.79 Å². The van der Waals surface area contributed by atoms with Gasteiger partial charge >= 0.3 is 0 Å². The lowest BCUT2D eigenvalue weighted by molar-refractivity contribution is 0.0656. The molecule has 0 bridgehead atoms. The van der Waals surface area contributed by atoms with Gasteiger partial charge in [0.1, 0.15) is 0 Å². The molecule has 3 heteroatoms. The van der Waals surface area contributed by atoms with Crippen LogP contribution in [-0.4, -0.2) is 36.5 Å². The Hall–Kier alpha value is -1.35. The van der Waals surface area contributed by atoms with Crippen LogP contribution in [0.5, 0.6) is 0 Å². The number of nitrogens with zero attached hydrogens (tertiary/aromatic N) is 1. The maximum atomic E-state index is 12.2. The number of hydrogen-bond acceptors (Lipinski definition) is 2. The van der Waals surface area contributed by atoms with Crippen LogP contribution in [0, 0.1) is 6.92 Å². The molecule has 1 atom stereocenters. The number of amides is 1. The topological polar surface area (TPSA) is 32.3 Å². The summed E-state index contributed by atoms with van der Waals surface area (Å²) >= 11 is 0. The van der Waals surface area contributed by atoms with Crippen molar-refractivity contribution in [1.82, 2.24) is 10.2 Å². The highest BCUT2D eigenvalue weighted by Crippen LogP contribution is 2.11. The highest BCUT2D eigenvalue weighted by molar-refractivity contribution is 5.94. The molecule has 1 aromatic rings. The maximum absolute atomic E-state index is 12.2. The predicted molar refractivity (Wildman–Crippen MR) is 64.5 cm³/mol. The van der Waals surface area contributed by atoms with Crippen molar-refractivity contribution >= 4 is 5.91 Å². The molecule has 0 aliphatic carbocycles. The van der Waals surface area contributed by atoms with E-state index < -0.39 is 0 Å². The number of hydrogen-bond donors (Lipinski definition) is 1. The minimum Gasteiger partial charge on any atom is -0.333 e. The zero-order valence-corrected chi connectivity index (χ0v) is 9.86. The predicted octanol–water partition coefficient (Wildman–Crippen LogP) is 1.43. The van der Waals surface area contributed by atoms with Crippen molar-refractivity contribution in [2.75, 3.05) is 19.6 Å². The van der Waals surface area contributed by atoms with Gasteiger partial charge in [0.15, 0.2) is 0 Å². The van der Waals surface area contributed by atoms with E-state index in [-0.39, 0.29) is 11.9 Å². The van der Waals surface area contributed by atoms with Crippen LogP contribution in [0.25, 0.3) is 0 Å². The van der Waals surface area contributed by atoms with Gasteiger partial charge in [0, 0.05) is 31.2 Å². The van der Waals surface area contributed by atoms with Crippen molar-refractivity contribution in [2.45, 2.75) is 19.9 Å². The average molecular weight is 218 g/mol. The third kappa shape index (κ3) is 2.25. The number of benzene rings is 1. The second kappa shape index (κ2) is 4.66. The Labute approximate surface area is 96.5 Å². The van der Waals surface area contributed by atoms with Crippen molar-refractivity contribution in [2.24, 2.45) is 0 Å². The number of nitrogens with one attached hydrogen (secondary N) is 1. The molecule has 0 unspecified atom stereocenters. The summed E-state index contributed by atoms with van der Waals surface area (Å²) in [5.41, 5.74) is 1.98. The minimum atomic E-state index is 0.147. The van der Waals surface area contributed by atoms with E-state index in [0.717, 1.165) is 25.2 Å². The first-order chi connectivity index (χ1) is 7.68. The van der Waals surface area contributed by atoms with E-state index in [2.05, 4.69) is 12.2 Å². The Bertz CT molecular complexity index is 372. The summed E-state index contributed by atoms with van der Waals surface area (Å²) in [5, 5.41) is 3.29. The molecule has 3 nitrogen and oxygen atoms in total. The standard InChI is InChI=1S/C13H18N2O/c1-10-3-5-12(6-4-10)13(16)15-8-7-14-9-11(15)2/h3-6,11,14H,7-9H2,1-2H3/t11-/m0/s1. The molecule has 1 fully saturated rings. The lowest BCUT2D eigenvalue weighted by atomic mass is 10.1. The highest BCUT2D eigenvalue weighted by Gasteiger charge is 2.23. The fourth-order valence-electron chi connectivity index (χ4n) is 2.00. The van der Waals surface area contributed by atoms with Crippen molar-refractivity contribution in [1.29, 1.82) is 0 Å². The number of carbonyl (C=O) groups excluding carboxylic acids is 1. The molecular weight excluding hydrogens is 200 g/mol. The molecule has 1 aliphatic heterocycles. The molecule has 1 aromatic carbocycles. The Morgan fingerprint density at radius 1 is 1.38 bits per heavy atom. The molecule has 1 saturated heterocycles. The molecule has 0 spiro atoms. The number of rotatable bonds is 1. The van der Waals surface area contributed by atoms with Crippen LogP contribution in [0.2, 0.25) is 0 Å². The quantitative estimate of drug-likeness (QED) is 0.773. The van der Waals surface area contributed by atoms with Gasteiger partial charge in [0.2, 0.25) is 0 Å². The first kappa shape index (κ1) is 11.1. The second-order valence-corrected chi connectivity index (χ2v) is 4.42. The van der Waals surface area contributed by atoms with E-state index in [4.69, 9.17) is 0 Å². The SMILES string of the molecule is Cc1ccc(C(=O)N2CCNC[C@@H]2C)cc1. The molecule has 0 saturated carbocycles. The van der Waals surface area contributed by atoms with E-state index in [1.165, 1.54) is 5.56 Å².